The Morgan fingerprint density at radius 2 is 2.06 bits per heavy atom. The number of aliphatic hydroxyl groups excluding tert-OH is 1. The van der Waals surface area contributed by atoms with E-state index in [0.717, 1.165) is 41.0 Å². The van der Waals surface area contributed by atoms with Gasteiger partial charge in [-0.25, -0.2) is 4.42 Å². The van der Waals surface area contributed by atoms with Gasteiger partial charge in [0.25, 0.3) is 5.91 Å². The molecule has 2 unspecified atom stereocenters. The van der Waals surface area contributed by atoms with E-state index < -0.39 is 24.0 Å². The summed E-state index contributed by atoms with van der Waals surface area (Å²) >= 11 is 6.67. The monoisotopic (exact) mass is 514 g/mol. The summed E-state index contributed by atoms with van der Waals surface area (Å²) in [5.41, 5.74) is 9.61. The van der Waals surface area contributed by atoms with Gasteiger partial charge < -0.3 is 15.4 Å². The van der Waals surface area contributed by atoms with E-state index in [1.807, 2.05) is 24.3 Å². The number of nitrogens with zero attached hydrogens (tertiary/aromatic N) is 4. The van der Waals surface area contributed by atoms with Crippen molar-refractivity contribution in [3.8, 4) is 0 Å². The van der Waals surface area contributed by atoms with Crippen molar-refractivity contribution in [2.45, 2.75) is 63.5 Å². The van der Waals surface area contributed by atoms with Crippen molar-refractivity contribution in [2.24, 2.45) is 17.0 Å². The van der Waals surface area contributed by atoms with Crippen molar-refractivity contribution in [1.29, 1.82) is 0 Å². The number of azide groups is 1. The van der Waals surface area contributed by atoms with Gasteiger partial charge in [0.15, 0.2) is 0 Å². The molecule has 1 aliphatic carbocycles. The number of aromatic amines is 1. The summed E-state index contributed by atoms with van der Waals surface area (Å²) < 4.78 is 1.13. The number of fused-ring (bicyclic) bond motifs is 1. The van der Waals surface area contributed by atoms with E-state index in [0.29, 0.717) is 24.5 Å². The lowest BCUT2D eigenvalue weighted by atomic mass is 9.82. The average molecular weight is 515 g/mol. The van der Waals surface area contributed by atoms with Gasteiger partial charge in [0.2, 0.25) is 5.91 Å². The summed E-state index contributed by atoms with van der Waals surface area (Å²) in [5.74, 6) is -0.771. The average Bonchev–Trinajstić information content (AvgIpc) is 3.34. The van der Waals surface area contributed by atoms with E-state index >= 15 is 0 Å². The molecule has 0 saturated heterocycles. The van der Waals surface area contributed by atoms with Gasteiger partial charge in [-0.1, -0.05) is 67.6 Å². The summed E-state index contributed by atoms with van der Waals surface area (Å²) in [5, 5.41) is 18.4. The maximum atomic E-state index is 13.4. The number of amides is 2. The molecule has 1 aromatic carbocycles. The number of para-hydroxylation sites is 1. The first kappa shape index (κ1) is 27.6. The van der Waals surface area contributed by atoms with Gasteiger partial charge in [0.1, 0.15) is 5.69 Å². The highest BCUT2D eigenvalue weighted by Gasteiger charge is 2.35. The topological polar surface area (TPSA) is 134 Å². The molecule has 0 radical (unpaired) electrons. The molecule has 3 rings (SSSR count). The Bertz CT molecular complexity index is 1060. The second-order valence-electron chi connectivity index (χ2n) is 9.43. The highest BCUT2D eigenvalue weighted by Crippen LogP contribution is 2.32. The Morgan fingerprint density at radius 3 is 2.75 bits per heavy atom. The van der Waals surface area contributed by atoms with E-state index in [1.54, 1.807) is 25.3 Å². The van der Waals surface area contributed by atoms with Gasteiger partial charge in [-0.05, 0) is 42.8 Å². The van der Waals surface area contributed by atoms with E-state index in [2.05, 4.69) is 20.3 Å². The SMILES string of the molecule is CNC(=O)C(CC=CCN=[N+]=[N-])C[C@H](O)C(CC1CCCCC1)N(Cl)C(=O)c1cc2ccccc2[nH]1. The van der Waals surface area contributed by atoms with Crippen LogP contribution in [0.2, 0.25) is 0 Å². The van der Waals surface area contributed by atoms with Crippen LogP contribution < -0.4 is 5.32 Å². The highest BCUT2D eigenvalue weighted by molar-refractivity contribution is 6.24. The van der Waals surface area contributed by atoms with Crippen molar-refractivity contribution in [2.75, 3.05) is 13.6 Å². The molecule has 3 N–H and O–H groups in total. The predicted molar refractivity (Wildman–Crippen MR) is 141 cm³/mol. The Kier molecular flexibility index (Phi) is 10.7. The van der Waals surface area contributed by atoms with Crippen molar-refractivity contribution >= 4 is 34.5 Å². The quantitative estimate of drug-likeness (QED) is 0.114. The lowest BCUT2D eigenvalue weighted by Crippen LogP contribution is -2.45. The summed E-state index contributed by atoms with van der Waals surface area (Å²) in [6, 6.07) is 8.72. The van der Waals surface area contributed by atoms with Crippen LogP contribution in [-0.2, 0) is 4.79 Å². The number of halogens is 1. The molecule has 194 valence electrons. The molecule has 2 aromatic rings. The first-order chi connectivity index (χ1) is 17.4. The summed E-state index contributed by atoms with van der Waals surface area (Å²) in [4.78, 5) is 31.7. The van der Waals surface area contributed by atoms with Gasteiger partial charge in [-0.3, -0.25) is 9.59 Å². The molecule has 1 aromatic heterocycles. The molecule has 1 fully saturated rings. The van der Waals surface area contributed by atoms with Crippen molar-refractivity contribution < 1.29 is 14.7 Å². The second kappa shape index (κ2) is 13.9. The first-order valence-electron chi connectivity index (χ1n) is 12.6. The van der Waals surface area contributed by atoms with Crippen molar-refractivity contribution in [3.63, 3.8) is 0 Å². The van der Waals surface area contributed by atoms with Crippen LogP contribution in [0.4, 0.5) is 0 Å². The number of H-pyrrole nitrogens is 1. The third-order valence-electron chi connectivity index (χ3n) is 6.97. The molecule has 2 amide bonds. The third-order valence-corrected chi connectivity index (χ3v) is 7.37. The van der Waals surface area contributed by atoms with Crippen LogP contribution in [0.25, 0.3) is 21.3 Å². The number of carbonyl (C=O) groups excluding carboxylic acids is 2. The standard InChI is InChI=1S/C26H35ClN6O3/c1-29-25(35)20(12-7-8-14-30-32-28)17-24(34)23(15-18-9-3-2-4-10-18)33(27)26(36)22-16-19-11-5-6-13-21(19)31-22/h5-8,11,13,16,18,20,23-24,31,34H,2-4,9-10,12,14-15,17H2,1H3,(H,29,35)/t20?,23?,24-/m0/s1. The molecule has 1 heterocycles. The number of aromatic nitrogens is 1. The third kappa shape index (κ3) is 7.50. The smallest absolute Gasteiger partial charge is 0.285 e. The fraction of sp³-hybridized carbons (Fsp3) is 0.538. The van der Waals surface area contributed by atoms with Gasteiger partial charge in [0.05, 0.1) is 12.1 Å². The van der Waals surface area contributed by atoms with Crippen LogP contribution in [0.1, 0.15) is 61.9 Å². The van der Waals surface area contributed by atoms with E-state index in [9.17, 15) is 14.7 Å². The van der Waals surface area contributed by atoms with Crippen LogP contribution in [0, 0.1) is 11.8 Å². The summed E-state index contributed by atoms with van der Waals surface area (Å²) in [6.07, 6.45) is 9.08. The lowest BCUT2D eigenvalue weighted by molar-refractivity contribution is -0.125. The molecule has 1 aliphatic rings. The Balaban J connectivity index is 1.79. The molecule has 36 heavy (non-hydrogen) atoms. The zero-order valence-electron chi connectivity index (χ0n) is 20.6. The van der Waals surface area contributed by atoms with E-state index in [4.69, 9.17) is 17.3 Å². The van der Waals surface area contributed by atoms with Gasteiger partial charge in [-0.2, -0.15) is 0 Å². The van der Waals surface area contributed by atoms with E-state index in [-0.39, 0.29) is 18.9 Å². The van der Waals surface area contributed by atoms with Crippen LogP contribution in [0.15, 0.2) is 47.6 Å². The summed E-state index contributed by atoms with van der Waals surface area (Å²) in [7, 11) is 1.55. The lowest BCUT2D eigenvalue weighted by Gasteiger charge is -2.34. The normalized spacial score (nSPS) is 16.9. The van der Waals surface area contributed by atoms with Crippen LogP contribution >= 0.6 is 11.8 Å². The fourth-order valence-electron chi connectivity index (χ4n) is 5.00. The van der Waals surface area contributed by atoms with Crippen LogP contribution in [0.3, 0.4) is 0 Å². The maximum Gasteiger partial charge on any atom is 0.285 e. The van der Waals surface area contributed by atoms with Gasteiger partial charge >= 0.3 is 0 Å². The molecular weight excluding hydrogens is 480 g/mol. The fourth-order valence-corrected chi connectivity index (χ4v) is 5.30. The minimum Gasteiger partial charge on any atom is -0.391 e. The number of allylic oxidation sites excluding steroid dienone is 1. The van der Waals surface area contributed by atoms with E-state index in [1.165, 1.54) is 6.42 Å². The molecule has 0 aliphatic heterocycles. The number of nitrogens with one attached hydrogen (secondary N) is 2. The maximum absolute atomic E-state index is 13.4. The molecule has 10 heteroatoms. The van der Waals surface area contributed by atoms with Crippen LogP contribution in [-0.4, -0.2) is 52.1 Å². The molecular formula is C26H35ClN6O3. The Hall–Kier alpha value is -3.00. The number of hydrogen-bond acceptors (Lipinski definition) is 4. The number of rotatable bonds is 12. The predicted octanol–water partition coefficient (Wildman–Crippen LogP) is 5.47. The minimum atomic E-state index is -0.995. The second-order valence-corrected chi connectivity index (χ2v) is 9.79. The highest BCUT2D eigenvalue weighted by atomic mass is 35.5. The molecule has 0 bridgehead atoms. The Morgan fingerprint density at radius 1 is 1.31 bits per heavy atom. The van der Waals surface area contributed by atoms with Crippen LogP contribution in [0.5, 0.6) is 0 Å². The molecule has 9 nitrogen and oxygen atoms in total. The number of carbonyl (C=O) groups is 2. The molecule has 1 saturated carbocycles. The first-order valence-corrected chi connectivity index (χ1v) is 12.9. The number of benzene rings is 1. The zero-order valence-corrected chi connectivity index (χ0v) is 21.4. The van der Waals surface area contributed by atoms with Gasteiger partial charge in [0, 0.05) is 47.1 Å². The Labute approximate surface area is 216 Å². The summed E-state index contributed by atoms with van der Waals surface area (Å²) in [6.45, 7) is 0.193. The van der Waals surface area contributed by atoms with Crippen molar-refractivity contribution in [3.05, 3.63) is 58.6 Å². The molecule has 0 spiro atoms. The minimum absolute atomic E-state index is 0.145. The van der Waals surface area contributed by atoms with Crippen molar-refractivity contribution in [1.82, 2.24) is 14.7 Å². The molecule has 3 atom stereocenters. The zero-order chi connectivity index (χ0) is 25.9. The number of hydrogen-bond donors (Lipinski definition) is 3. The largest absolute Gasteiger partial charge is 0.391 e. The number of aliphatic hydroxyl groups is 1. The van der Waals surface area contributed by atoms with Gasteiger partial charge in [-0.15, -0.1) is 0 Å².